The van der Waals surface area contributed by atoms with Gasteiger partial charge in [-0.1, -0.05) is 0 Å². The van der Waals surface area contributed by atoms with Crippen LogP contribution in [0.5, 0.6) is 5.88 Å². The SMILES string of the molecule is COc1cncc(NCc2cc(C(=O)O)c(C)o2)n1. The van der Waals surface area contributed by atoms with Crippen LogP contribution in [0, 0.1) is 6.92 Å². The third-order valence-corrected chi connectivity index (χ3v) is 2.46. The van der Waals surface area contributed by atoms with E-state index in [-0.39, 0.29) is 5.56 Å². The molecule has 2 N–H and O–H groups in total. The first-order valence-corrected chi connectivity index (χ1v) is 5.52. The molecule has 0 atom stereocenters. The van der Waals surface area contributed by atoms with E-state index in [1.165, 1.54) is 25.6 Å². The summed E-state index contributed by atoms with van der Waals surface area (Å²) >= 11 is 0. The summed E-state index contributed by atoms with van der Waals surface area (Å²) in [5, 5.41) is 11.9. The maximum absolute atomic E-state index is 10.9. The zero-order valence-corrected chi connectivity index (χ0v) is 10.5. The van der Waals surface area contributed by atoms with E-state index in [2.05, 4.69) is 15.3 Å². The lowest BCUT2D eigenvalue weighted by atomic mass is 10.2. The largest absolute Gasteiger partial charge is 0.480 e. The predicted molar refractivity (Wildman–Crippen MR) is 66.3 cm³/mol. The van der Waals surface area contributed by atoms with Crippen LogP contribution >= 0.6 is 0 Å². The van der Waals surface area contributed by atoms with Gasteiger partial charge in [-0.05, 0) is 13.0 Å². The molecule has 0 aliphatic rings. The molecule has 0 saturated carbocycles. The molecule has 0 amide bonds. The van der Waals surface area contributed by atoms with Crippen LogP contribution < -0.4 is 10.1 Å². The average molecular weight is 263 g/mol. The Morgan fingerprint density at radius 3 is 2.95 bits per heavy atom. The molecule has 0 radical (unpaired) electrons. The number of hydrogen-bond donors (Lipinski definition) is 2. The van der Waals surface area contributed by atoms with Gasteiger partial charge in [-0.25, -0.2) is 4.79 Å². The summed E-state index contributed by atoms with van der Waals surface area (Å²) in [6, 6.07) is 1.48. The number of aryl methyl sites for hydroxylation is 1. The minimum Gasteiger partial charge on any atom is -0.480 e. The molecule has 0 saturated heterocycles. The first-order valence-electron chi connectivity index (χ1n) is 5.52. The summed E-state index contributed by atoms with van der Waals surface area (Å²) in [4.78, 5) is 18.9. The number of ether oxygens (including phenoxy) is 1. The second-order valence-electron chi connectivity index (χ2n) is 3.79. The highest BCUT2D eigenvalue weighted by Gasteiger charge is 2.13. The van der Waals surface area contributed by atoms with Crippen molar-refractivity contribution in [2.24, 2.45) is 0 Å². The number of carboxylic acids is 1. The van der Waals surface area contributed by atoms with Gasteiger partial charge in [-0.15, -0.1) is 0 Å². The molecule has 0 aromatic carbocycles. The molecule has 0 spiro atoms. The van der Waals surface area contributed by atoms with Crippen molar-refractivity contribution in [3.05, 3.63) is 35.5 Å². The average Bonchev–Trinajstić information content (AvgIpc) is 2.78. The van der Waals surface area contributed by atoms with Gasteiger partial charge in [0.1, 0.15) is 22.9 Å². The van der Waals surface area contributed by atoms with Gasteiger partial charge in [-0.3, -0.25) is 4.98 Å². The number of methoxy groups -OCH3 is 1. The summed E-state index contributed by atoms with van der Waals surface area (Å²) in [5.74, 6) is 0.798. The highest BCUT2D eigenvalue weighted by atomic mass is 16.5. The monoisotopic (exact) mass is 263 g/mol. The molecule has 100 valence electrons. The van der Waals surface area contributed by atoms with Crippen LogP contribution in [-0.2, 0) is 6.54 Å². The van der Waals surface area contributed by atoms with Gasteiger partial charge in [0.25, 0.3) is 0 Å². The van der Waals surface area contributed by atoms with Crippen molar-refractivity contribution in [3.63, 3.8) is 0 Å². The number of furan rings is 1. The zero-order valence-electron chi connectivity index (χ0n) is 10.5. The van der Waals surface area contributed by atoms with E-state index in [1.807, 2.05) is 0 Å². The van der Waals surface area contributed by atoms with E-state index in [9.17, 15) is 4.79 Å². The van der Waals surface area contributed by atoms with E-state index in [0.717, 1.165) is 0 Å². The number of aromatic nitrogens is 2. The van der Waals surface area contributed by atoms with Gasteiger partial charge >= 0.3 is 5.97 Å². The molecule has 7 heteroatoms. The molecule has 2 aromatic rings. The third kappa shape index (κ3) is 3.01. The van der Waals surface area contributed by atoms with Crippen LogP contribution in [0.1, 0.15) is 21.9 Å². The standard InChI is InChI=1S/C12H13N3O4/c1-7-9(12(16)17)3-8(19-7)4-14-10-5-13-6-11(15-10)18-2/h3,5-6H,4H2,1-2H3,(H,14,15)(H,16,17). The van der Waals surface area contributed by atoms with Crippen molar-refractivity contribution in [1.82, 2.24) is 9.97 Å². The molecular formula is C12H13N3O4. The number of nitrogens with zero attached hydrogens (tertiary/aromatic N) is 2. The lowest BCUT2D eigenvalue weighted by molar-refractivity contribution is 0.0695. The van der Waals surface area contributed by atoms with Crippen molar-refractivity contribution < 1.29 is 19.1 Å². The Bertz CT molecular complexity index is 594. The van der Waals surface area contributed by atoms with E-state index >= 15 is 0 Å². The number of anilines is 1. The van der Waals surface area contributed by atoms with Crippen LogP contribution in [0.3, 0.4) is 0 Å². The summed E-state index contributed by atoms with van der Waals surface area (Å²) in [6.45, 7) is 1.92. The second kappa shape index (κ2) is 5.38. The first kappa shape index (κ1) is 12.9. The van der Waals surface area contributed by atoms with Gasteiger partial charge in [0.2, 0.25) is 5.88 Å². The quantitative estimate of drug-likeness (QED) is 0.847. The number of hydrogen-bond acceptors (Lipinski definition) is 6. The van der Waals surface area contributed by atoms with Crippen molar-refractivity contribution in [1.29, 1.82) is 0 Å². The minimum atomic E-state index is -1.01. The predicted octanol–water partition coefficient (Wildman–Crippen LogP) is 1.70. The van der Waals surface area contributed by atoms with Crippen molar-refractivity contribution in [2.75, 3.05) is 12.4 Å². The Hall–Kier alpha value is -2.57. The summed E-state index contributed by atoms with van der Waals surface area (Å²) in [5.41, 5.74) is 0.161. The molecule has 2 heterocycles. The van der Waals surface area contributed by atoms with Gasteiger partial charge < -0.3 is 19.6 Å². The molecule has 0 unspecified atom stereocenters. The lowest BCUT2D eigenvalue weighted by Gasteiger charge is -2.04. The normalized spacial score (nSPS) is 10.2. The molecule has 2 aromatic heterocycles. The fourth-order valence-electron chi connectivity index (χ4n) is 1.55. The Morgan fingerprint density at radius 1 is 1.53 bits per heavy atom. The van der Waals surface area contributed by atoms with Crippen molar-refractivity contribution in [3.8, 4) is 5.88 Å². The van der Waals surface area contributed by atoms with Gasteiger partial charge in [-0.2, -0.15) is 4.98 Å². The number of nitrogens with one attached hydrogen (secondary N) is 1. The zero-order chi connectivity index (χ0) is 13.8. The second-order valence-corrected chi connectivity index (χ2v) is 3.79. The minimum absolute atomic E-state index is 0.161. The van der Waals surface area contributed by atoms with Gasteiger partial charge in [0, 0.05) is 0 Å². The number of rotatable bonds is 5. The van der Waals surface area contributed by atoms with E-state index in [4.69, 9.17) is 14.3 Å². The maximum atomic E-state index is 10.9. The Balaban J connectivity index is 2.06. The van der Waals surface area contributed by atoms with Crippen molar-refractivity contribution >= 4 is 11.8 Å². The molecular weight excluding hydrogens is 250 g/mol. The highest BCUT2D eigenvalue weighted by molar-refractivity contribution is 5.88. The topological polar surface area (TPSA) is 97.5 Å². The fourth-order valence-corrected chi connectivity index (χ4v) is 1.55. The van der Waals surface area contributed by atoms with E-state index < -0.39 is 5.97 Å². The van der Waals surface area contributed by atoms with Gasteiger partial charge in [0.05, 0.1) is 26.0 Å². The van der Waals surface area contributed by atoms with E-state index in [0.29, 0.717) is 29.8 Å². The lowest BCUT2D eigenvalue weighted by Crippen LogP contribution is -2.02. The Morgan fingerprint density at radius 2 is 2.32 bits per heavy atom. The van der Waals surface area contributed by atoms with E-state index in [1.54, 1.807) is 6.92 Å². The smallest absolute Gasteiger partial charge is 0.339 e. The number of aromatic carboxylic acids is 1. The molecule has 7 nitrogen and oxygen atoms in total. The Labute approximate surface area is 109 Å². The Kier molecular flexibility index (Phi) is 3.65. The van der Waals surface area contributed by atoms with Crippen LogP contribution in [0.2, 0.25) is 0 Å². The molecule has 0 bridgehead atoms. The van der Waals surface area contributed by atoms with Crippen molar-refractivity contribution in [2.45, 2.75) is 13.5 Å². The van der Waals surface area contributed by atoms with Crippen LogP contribution in [0.4, 0.5) is 5.82 Å². The number of carbonyl (C=O) groups is 1. The highest BCUT2D eigenvalue weighted by Crippen LogP contribution is 2.16. The first-order chi connectivity index (χ1) is 9.10. The molecule has 0 aliphatic heterocycles. The molecule has 0 aliphatic carbocycles. The molecule has 0 fully saturated rings. The summed E-state index contributed by atoms with van der Waals surface area (Å²) in [7, 11) is 1.50. The third-order valence-electron chi connectivity index (χ3n) is 2.46. The van der Waals surface area contributed by atoms with Crippen LogP contribution in [-0.4, -0.2) is 28.2 Å². The van der Waals surface area contributed by atoms with Crippen LogP contribution in [0.25, 0.3) is 0 Å². The summed E-state index contributed by atoms with van der Waals surface area (Å²) < 4.78 is 10.3. The van der Waals surface area contributed by atoms with Crippen LogP contribution in [0.15, 0.2) is 22.9 Å². The number of carboxylic acid groups (broad SMARTS) is 1. The maximum Gasteiger partial charge on any atom is 0.339 e. The molecule has 2 rings (SSSR count). The van der Waals surface area contributed by atoms with Gasteiger partial charge in [0.15, 0.2) is 0 Å². The summed E-state index contributed by atoms with van der Waals surface area (Å²) in [6.07, 6.45) is 3.03. The fraction of sp³-hybridized carbons (Fsp3) is 0.250. The molecule has 19 heavy (non-hydrogen) atoms.